The third kappa shape index (κ3) is 4.91. The Bertz CT molecular complexity index is 701. The van der Waals surface area contributed by atoms with Crippen LogP contribution in [-0.4, -0.2) is 41.8 Å². The second-order valence-electron chi connectivity index (χ2n) is 5.86. The van der Waals surface area contributed by atoms with Crippen molar-refractivity contribution in [2.45, 2.75) is 20.3 Å². The summed E-state index contributed by atoms with van der Waals surface area (Å²) in [4.78, 5) is 31.6. The Kier molecular flexibility index (Phi) is 6.07. The number of carbonyl (C=O) groups excluding carboxylic acids is 2. The first-order chi connectivity index (χ1) is 11.5. The topological polar surface area (TPSA) is 53.5 Å². The largest absolute Gasteiger partial charge is 0.344 e. The molecule has 2 amide bonds. The highest BCUT2D eigenvalue weighted by molar-refractivity contribution is 5.97. The number of pyridine rings is 1. The number of amides is 2. The monoisotopic (exact) mass is 325 g/mol. The zero-order chi connectivity index (χ0) is 17.5. The van der Waals surface area contributed by atoms with Crippen LogP contribution in [0.15, 0.2) is 48.8 Å². The number of anilines is 1. The van der Waals surface area contributed by atoms with E-state index in [4.69, 9.17) is 0 Å². The summed E-state index contributed by atoms with van der Waals surface area (Å²) >= 11 is 0. The Morgan fingerprint density at radius 1 is 1.12 bits per heavy atom. The lowest BCUT2D eigenvalue weighted by atomic mass is 10.2. The number of likely N-dealkylation sites (N-methyl/N-ethyl adjacent to an activating group) is 1. The van der Waals surface area contributed by atoms with E-state index < -0.39 is 0 Å². The molecule has 1 aromatic heterocycles. The number of aromatic nitrogens is 1. The summed E-state index contributed by atoms with van der Waals surface area (Å²) in [7, 11) is 1.76. The van der Waals surface area contributed by atoms with Gasteiger partial charge in [0, 0.05) is 38.6 Å². The van der Waals surface area contributed by atoms with Crippen LogP contribution < -0.4 is 4.90 Å². The first kappa shape index (κ1) is 17.7. The summed E-state index contributed by atoms with van der Waals surface area (Å²) in [5.41, 5.74) is 2.93. The van der Waals surface area contributed by atoms with Crippen molar-refractivity contribution in [1.82, 2.24) is 9.88 Å². The number of nitrogens with zero attached hydrogens (tertiary/aromatic N) is 3. The Morgan fingerprint density at radius 2 is 1.83 bits per heavy atom. The van der Waals surface area contributed by atoms with Gasteiger partial charge in [-0.25, -0.2) is 0 Å². The van der Waals surface area contributed by atoms with E-state index in [2.05, 4.69) is 4.98 Å². The van der Waals surface area contributed by atoms with Crippen LogP contribution in [0.4, 0.5) is 5.69 Å². The molecule has 0 spiro atoms. The van der Waals surface area contributed by atoms with Gasteiger partial charge in [-0.15, -0.1) is 0 Å². The van der Waals surface area contributed by atoms with Crippen molar-refractivity contribution in [3.05, 3.63) is 59.9 Å². The first-order valence-electron chi connectivity index (χ1n) is 7.95. The third-order valence-electron chi connectivity index (χ3n) is 3.90. The summed E-state index contributed by atoms with van der Waals surface area (Å²) in [5.74, 6) is -0.225. The van der Waals surface area contributed by atoms with Crippen LogP contribution in [0.5, 0.6) is 0 Å². The second kappa shape index (κ2) is 8.24. The van der Waals surface area contributed by atoms with Crippen molar-refractivity contribution in [1.29, 1.82) is 0 Å². The molecule has 5 nitrogen and oxygen atoms in total. The van der Waals surface area contributed by atoms with Crippen molar-refractivity contribution in [2.24, 2.45) is 0 Å². The molecule has 2 aromatic rings. The van der Waals surface area contributed by atoms with Gasteiger partial charge in [-0.1, -0.05) is 12.1 Å². The average Bonchev–Trinajstić information content (AvgIpc) is 2.57. The molecule has 0 bridgehead atoms. The highest BCUT2D eigenvalue weighted by Gasteiger charge is 2.18. The lowest BCUT2D eigenvalue weighted by Gasteiger charge is -2.24. The van der Waals surface area contributed by atoms with Crippen LogP contribution in [0, 0.1) is 6.92 Å². The van der Waals surface area contributed by atoms with Crippen LogP contribution in [0.25, 0.3) is 0 Å². The number of benzene rings is 1. The maximum absolute atomic E-state index is 12.5. The van der Waals surface area contributed by atoms with E-state index in [1.165, 1.54) is 11.8 Å². The van der Waals surface area contributed by atoms with Crippen LogP contribution in [0.3, 0.4) is 0 Å². The standard InChI is InChI=1S/C19H23N3O2/c1-15-5-4-6-18(13-15)22(16(2)23)14-19(24)21(3)12-9-17-7-10-20-11-8-17/h4-8,10-11,13H,9,12,14H2,1-3H3. The minimum absolute atomic E-state index is 0.0473. The van der Waals surface area contributed by atoms with Crippen LogP contribution in [0.1, 0.15) is 18.1 Å². The quantitative estimate of drug-likeness (QED) is 0.820. The van der Waals surface area contributed by atoms with Crippen molar-refractivity contribution in [2.75, 3.05) is 25.0 Å². The smallest absolute Gasteiger partial charge is 0.242 e. The molecule has 5 heteroatoms. The molecular weight excluding hydrogens is 302 g/mol. The predicted molar refractivity (Wildman–Crippen MR) is 94.8 cm³/mol. The molecule has 0 radical (unpaired) electrons. The summed E-state index contributed by atoms with van der Waals surface area (Å²) < 4.78 is 0. The number of hydrogen-bond donors (Lipinski definition) is 0. The predicted octanol–water partition coefficient (Wildman–Crippen LogP) is 2.44. The zero-order valence-electron chi connectivity index (χ0n) is 14.4. The fourth-order valence-corrected chi connectivity index (χ4v) is 2.41. The maximum atomic E-state index is 12.5. The molecule has 0 aliphatic rings. The molecule has 1 aromatic carbocycles. The number of carbonyl (C=O) groups is 2. The maximum Gasteiger partial charge on any atom is 0.242 e. The Balaban J connectivity index is 1.98. The molecule has 0 unspecified atom stereocenters. The molecule has 0 saturated carbocycles. The van der Waals surface area contributed by atoms with Gasteiger partial charge < -0.3 is 9.80 Å². The summed E-state index contributed by atoms with van der Waals surface area (Å²) in [6.07, 6.45) is 4.24. The number of aryl methyl sites for hydroxylation is 1. The zero-order valence-corrected chi connectivity index (χ0v) is 14.4. The van der Waals surface area contributed by atoms with E-state index >= 15 is 0 Å². The lowest BCUT2D eigenvalue weighted by Crippen LogP contribution is -2.41. The molecule has 126 valence electrons. The number of hydrogen-bond acceptors (Lipinski definition) is 3. The SMILES string of the molecule is CC(=O)N(CC(=O)N(C)CCc1ccncc1)c1cccc(C)c1. The van der Waals surface area contributed by atoms with Gasteiger partial charge in [0.25, 0.3) is 0 Å². The van der Waals surface area contributed by atoms with Crippen molar-refractivity contribution in [3.8, 4) is 0 Å². The molecule has 24 heavy (non-hydrogen) atoms. The molecule has 0 atom stereocenters. The van der Waals surface area contributed by atoms with Crippen LogP contribution in [-0.2, 0) is 16.0 Å². The molecule has 0 saturated heterocycles. The van der Waals surface area contributed by atoms with E-state index in [0.29, 0.717) is 6.54 Å². The fourth-order valence-electron chi connectivity index (χ4n) is 2.41. The molecule has 0 fully saturated rings. The molecular formula is C19H23N3O2. The summed E-state index contributed by atoms with van der Waals surface area (Å²) in [5, 5.41) is 0. The Labute approximate surface area is 142 Å². The molecule has 0 aliphatic carbocycles. The molecule has 0 aliphatic heterocycles. The van der Waals surface area contributed by atoms with E-state index in [1.807, 2.05) is 43.3 Å². The highest BCUT2D eigenvalue weighted by atomic mass is 16.2. The minimum atomic E-state index is -0.142. The van der Waals surface area contributed by atoms with E-state index in [9.17, 15) is 9.59 Å². The van der Waals surface area contributed by atoms with Gasteiger partial charge in [0.2, 0.25) is 11.8 Å². The minimum Gasteiger partial charge on any atom is -0.344 e. The van der Waals surface area contributed by atoms with Crippen molar-refractivity contribution >= 4 is 17.5 Å². The Hall–Kier alpha value is -2.69. The molecule has 2 rings (SSSR count). The second-order valence-corrected chi connectivity index (χ2v) is 5.86. The van der Waals surface area contributed by atoms with Gasteiger partial charge in [0.15, 0.2) is 0 Å². The van der Waals surface area contributed by atoms with Crippen molar-refractivity contribution < 1.29 is 9.59 Å². The van der Waals surface area contributed by atoms with Gasteiger partial charge in [-0.3, -0.25) is 14.6 Å². The van der Waals surface area contributed by atoms with Gasteiger partial charge >= 0.3 is 0 Å². The molecule has 0 N–H and O–H groups in total. The van der Waals surface area contributed by atoms with E-state index in [1.54, 1.807) is 24.3 Å². The van der Waals surface area contributed by atoms with Gasteiger partial charge in [0.1, 0.15) is 6.54 Å². The summed E-state index contributed by atoms with van der Waals surface area (Å²) in [6, 6.07) is 11.5. The Morgan fingerprint density at radius 3 is 2.46 bits per heavy atom. The van der Waals surface area contributed by atoms with E-state index in [0.717, 1.165) is 23.2 Å². The molecule has 1 heterocycles. The van der Waals surface area contributed by atoms with Crippen LogP contribution >= 0.6 is 0 Å². The lowest BCUT2D eigenvalue weighted by molar-refractivity contribution is -0.130. The van der Waals surface area contributed by atoms with Gasteiger partial charge in [0.05, 0.1) is 0 Å². The number of rotatable bonds is 6. The van der Waals surface area contributed by atoms with Crippen molar-refractivity contribution in [3.63, 3.8) is 0 Å². The van der Waals surface area contributed by atoms with E-state index in [-0.39, 0.29) is 18.4 Å². The summed E-state index contributed by atoms with van der Waals surface area (Å²) in [6.45, 7) is 4.09. The van der Waals surface area contributed by atoms with Gasteiger partial charge in [-0.05, 0) is 48.7 Å². The third-order valence-corrected chi connectivity index (χ3v) is 3.90. The van der Waals surface area contributed by atoms with Gasteiger partial charge in [-0.2, -0.15) is 0 Å². The first-order valence-corrected chi connectivity index (χ1v) is 7.95. The normalized spacial score (nSPS) is 10.3. The average molecular weight is 325 g/mol. The highest BCUT2D eigenvalue weighted by Crippen LogP contribution is 2.16. The van der Waals surface area contributed by atoms with Crippen LogP contribution in [0.2, 0.25) is 0 Å². The fraction of sp³-hybridized carbons (Fsp3) is 0.316.